The fourth-order valence-electron chi connectivity index (χ4n) is 3.82. The number of halogens is 4. The molecular formula is C29H22Br2F2N2O2. The highest BCUT2D eigenvalue weighted by atomic mass is 79.9. The Bertz CT molecular complexity index is 1320. The van der Waals surface area contributed by atoms with Gasteiger partial charge in [-0.25, -0.2) is 8.78 Å². The molecule has 0 aromatic heterocycles. The Labute approximate surface area is 230 Å². The number of hydrogen-bond donors (Lipinski definition) is 2. The van der Waals surface area contributed by atoms with Crippen LogP contribution in [0.2, 0.25) is 0 Å². The minimum absolute atomic E-state index is 0.0136. The van der Waals surface area contributed by atoms with Crippen molar-refractivity contribution in [3.05, 3.63) is 128 Å². The molecule has 8 heteroatoms. The van der Waals surface area contributed by atoms with E-state index < -0.39 is 28.9 Å². The average Bonchev–Trinajstić information content (AvgIpc) is 2.88. The standard InChI is InChI=1S/C29H22Br2F2N2O2/c1-29(2,19-13-21(30)25(23(32)15-19)34-27(36)17-9-5-3-6-10-17)20-14-22(31)26(24(33)16-20)35-28(37)18-11-7-4-8-12-18/h3-16H,1-2H3,(H,34,36)(H,35,37). The van der Waals surface area contributed by atoms with E-state index in [1.165, 1.54) is 12.1 Å². The van der Waals surface area contributed by atoms with Crippen molar-refractivity contribution in [3.63, 3.8) is 0 Å². The summed E-state index contributed by atoms with van der Waals surface area (Å²) in [5, 5.41) is 5.20. The molecule has 2 amide bonds. The lowest BCUT2D eigenvalue weighted by atomic mass is 9.78. The predicted octanol–water partition coefficient (Wildman–Crippen LogP) is 8.32. The molecule has 4 aromatic rings. The number of rotatable bonds is 6. The Hall–Kier alpha value is -3.36. The van der Waals surface area contributed by atoms with Gasteiger partial charge in [0.1, 0.15) is 11.6 Å². The molecule has 2 N–H and O–H groups in total. The summed E-state index contributed by atoms with van der Waals surface area (Å²) in [6.07, 6.45) is 0. The summed E-state index contributed by atoms with van der Waals surface area (Å²) in [4.78, 5) is 25.0. The molecule has 0 aliphatic heterocycles. The maximum absolute atomic E-state index is 15.2. The molecular weight excluding hydrogens is 606 g/mol. The quantitative estimate of drug-likeness (QED) is 0.226. The number of anilines is 2. The van der Waals surface area contributed by atoms with Gasteiger partial charge in [0.15, 0.2) is 0 Å². The lowest BCUT2D eigenvalue weighted by Gasteiger charge is -2.28. The van der Waals surface area contributed by atoms with Crippen LogP contribution in [0.15, 0.2) is 93.9 Å². The zero-order chi connectivity index (χ0) is 26.7. The highest BCUT2D eigenvalue weighted by molar-refractivity contribution is 9.11. The summed E-state index contributed by atoms with van der Waals surface area (Å²) in [5.74, 6) is -2.14. The van der Waals surface area contributed by atoms with Gasteiger partial charge in [0.05, 0.1) is 11.4 Å². The molecule has 0 heterocycles. The first kappa shape index (κ1) is 26.7. The highest BCUT2D eigenvalue weighted by Crippen LogP contribution is 2.40. The van der Waals surface area contributed by atoms with Crippen molar-refractivity contribution in [1.82, 2.24) is 0 Å². The summed E-state index contributed by atoms with van der Waals surface area (Å²) in [5.41, 5.74) is 1.12. The molecule has 0 saturated heterocycles. The maximum Gasteiger partial charge on any atom is 0.255 e. The third-order valence-corrected chi connectivity index (χ3v) is 7.33. The van der Waals surface area contributed by atoms with Crippen molar-refractivity contribution in [2.24, 2.45) is 0 Å². The number of hydrogen-bond acceptors (Lipinski definition) is 2. The third kappa shape index (κ3) is 5.81. The fraction of sp³-hybridized carbons (Fsp3) is 0.103. The topological polar surface area (TPSA) is 58.2 Å². The van der Waals surface area contributed by atoms with Crippen molar-refractivity contribution in [3.8, 4) is 0 Å². The van der Waals surface area contributed by atoms with Crippen LogP contribution < -0.4 is 10.6 Å². The van der Waals surface area contributed by atoms with E-state index in [-0.39, 0.29) is 11.4 Å². The van der Waals surface area contributed by atoms with E-state index in [2.05, 4.69) is 42.5 Å². The normalized spacial score (nSPS) is 11.2. The van der Waals surface area contributed by atoms with Crippen molar-refractivity contribution in [1.29, 1.82) is 0 Å². The van der Waals surface area contributed by atoms with E-state index in [4.69, 9.17) is 0 Å². The van der Waals surface area contributed by atoms with Crippen molar-refractivity contribution < 1.29 is 18.4 Å². The van der Waals surface area contributed by atoms with Gasteiger partial charge in [-0.15, -0.1) is 0 Å². The first-order valence-electron chi connectivity index (χ1n) is 11.3. The molecule has 0 unspecified atom stereocenters. The number of carbonyl (C=O) groups is 2. The van der Waals surface area contributed by atoms with Crippen LogP contribution in [-0.2, 0) is 5.41 Å². The van der Waals surface area contributed by atoms with Gasteiger partial charge in [-0.1, -0.05) is 50.2 Å². The average molecular weight is 628 g/mol. The first-order chi connectivity index (χ1) is 17.6. The maximum atomic E-state index is 15.2. The van der Waals surface area contributed by atoms with Gasteiger partial charge >= 0.3 is 0 Å². The zero-order valence-corrected chi connectivity index (χ0v) is 23.1. The number of carbonyl (C=O) groups excluding carboxylic acids is 2. The molecule has 4 nitrogen and oxygen atoms in total. The van der Waals surface area contributed by atoms with E-state index in [1.807, 2.05) is 13.8 Å². The second-order valence-electron chi connectivity index (χ2n) is 8.90. The fourth-order valence-corrected chi connectivity index (χ4v) is 4.89. The molecule has 0 radical (unpaired) electrons. The summed E-state index contributed by atoms with van der Waals surface area (Å²) in [7, 11) is 0. The molecule has 0 bridgehead atoms. The van der Waals surface area contributed by atoms with Gasteiger partial charge in [0.25, 0.3) is 11.8 Å². The minimum atomic E-state index is -0.823. The molecule has 0 spiro atoms. The van der Waals surface area contributed by atoms with E-state index in [0.717, 1.165) is 0 Å². The van der Waals surface area contributed by atoms with Crippen molar-refractivity contribution >= 4 is 55.0 Å². The molecule has 37 heavy (non-hydrogen) atoms. The molecule has 4 aromatic carbocycles. The lowest BCUT2D eigenvalue weighted by molar-refractivity contribution is 0.101. The lowest BCUT2D eigenvalue weighted by Crippen LogP contribution is -2.21. The van der Waals surface area contributed by atoms with Crippen LogP contribution in [0.25, 0.3) is 0 Å². The number of amides is 2. The molecule has 0 aliphatic carbocycles. The van der Waals surface area contributed by atoms with E-state index in [9.17, 15) is 9.59 Å². The van der Waals surface area contributed by atoms with E-state index in [1.54, 1.807) is 72.8 Å². The second-order valence-corrected chi connectivity index (χ2v) is 10.6. The largest absolute Gasteiger partial charge is 0.319 e. The predicted molar refractivity (Wildman–Crippen MR) is 149 cm³/mol. The van der Waals surface area contributed by atoms with Crippen LogP contribution >= 0.6 is 31.9 Å². The van der Waals surface area contributed by atoms with Gasteiger partial charge in [-0.05, 0) is 91.5 Å². The molecule has 0 saturated carbocycles. The molecule has 0 aliphatic rings. The minimum Gasteiger partial charge on any atom is -0.319 e. The Morgan fingerprint density at radius 2 is 1.00 bits per heavy atom. The van der Waals surface area contributed by atoms with Gasteiger partial charge < -0.3 is 10.6 Å². The van der Waals surface area contributed by atoms with Crippen LogP contribution in [0.3, 0.4) is 0 Å². The smallest absolute Gasteiger partial charge is 0.255 e. The van der Waals surface area contributed by atoms with E-state index in [0.29, 0.717) is 31.2 Å². The summed E-state index contributed by atoms with van der Waals surface area (Å²) < 4.78 is 31.1. The van der Waals surface area contributed by atoms with Crippen molar-refractivity contribution in [2.45, 2.75) is 19.3 Å². The summed E-state index contributed by atoms with van der Waals surface area (Å²) >= 11 is 6.74. The molecule has 0 fully saturated rings. The van der Waals surface area contributed by atoms with Gasteiger partial charge in [-0.3, -0.25) is 9.59 Å². The SMILES string of the molecule is CC(C)(c1cc(F)c(NC(=O)c2ccccc2)c(Br)c1)c1cc(F)c(NC(=O)c2ccccc2)c(Br)c1. The number of benzene rings is 4. The molecule has 0 atom stereocenters. The Kier molecular flexibility index (Phi) is 7.90. The summed E-state index contributed by atoms with van der Waals surface area (Å²) in [6.45, 7) is 3.67. The van der Waals surface area contributed by atoms with Gasteiger partial charge in [0.2, 0.25) is 0 Å². The van der Waals surface area contributed by atoms with Crippen LogP contribution in [-0.4, -0.2) is 11.8 Å². The number of nitrogens with one attached hydrogen (secondary N) is 2. The zero-order valence-electron chi connectivity index (χ0n) is 19.9. The Morgan fingerprint density at radius 3 is 1.32 bits per heavy atom. The molecule has 188 valence electrons. The Morgan fingerprint density at radius 1 is 0.649 bits per heavy atom. The summed E-state index contributed by atoms with van der Waals surface area (Å²) in [6, 6.07) is 23.0. The van der Waals surface area contributed by atoms with E-state index >= 15 is 8.78 Å². The monoisotopic (exact) mass is 626 g/mol. The van der Waals surface area contributed by atoms with Gasteiger partial charge in [0, 0.05) is 25.5 Å². The first-order valence-corrected chi connectivity index (χ1v) is 12.9. The van der Waals surface area contributed by atoms with Crippen LogP contribution in [0.4, 0.5) is 20.2 Å². The van der Waals surface area contributed by atoms with Crippen molar-refractivity contribution in [2.75, 3.05) is 10.6 Å². The van der Waals surface area contributed by atoms with Crippen LogP contribution in [0.1, 0.15) is 45.7 Å². The van der Waals surface area contributed by atoms with Gasteiger partial charge in [-0.2, -0.15) is 0 Å². The Balaban J connectivity index is 1.61. The second kappa shape index (κ2) is 10.9. The van der Waals surface area contributed by atoms with Crippen LogP contribution in [0, 0.1) is 11.6 Å². The third-order valence-electron chi connectivity index (χ3n) is 6.08. The van der Waals surface area contributed by atoms with Crippen LogP contribution in [0.5, 0.6) is 0 Å². The molecule has 4 rings (SSSR count). The highest BCUT2D eigenvalue weighted by Gasteiger charge is 2.28.